The summed E-state index contributed by atoms with van der Waals surface area (Å²) in [5.74, 6) is 0. The van der Waals surface area contributed by atoms with Crippen LogP contribution < -0.4 is 0 Å². The van der Waals surface area contributed by atoms with Gasteiger partial charge in [0.2, 0.25) is 0 Å². The molecular weight excluding hydrogens is 456 g/mol. The Hall–Kier alpha value is -0.600. The topological polar surface area (TPSA) is 248 Å². The van der Waals surface area contributed by atoms with Gasteiger partial charge in [-0.15, -0.1) is 0 Å². The maximum absolute atomic E-state index is 10.6. The van der Waals surface area contributed by atoms with Crippen LogP contribution in [0.4, 0.5) is 0 Å². The molecule has 3 heterocycles. The van der Waals surface area contributed by atoms with E-state index in [4.69, 9.17) is 23.7 Å². The van der Waals surface area contributed by atoms with E-state index < -0.39 is 106 Å². The van der Waals surface area contributed by atoms with Crippen LogP contribution in [-0.2, 0) is 23.7 Å². The highest BCUT2D eigenvalue weighted by atomic mass is 16.7. The van der Waals surface area contributed by atoms with Gasteiger partial charge in [0.25, 0.3) is 0 Å². The Bertz CT molecular complexity index is 609. The summed E-state index contributed by atoms with van der Waals surface area (Å²) in [6.07, 6.45) is -21.2. The molecule has 3 aliphatic rings. The lowest BCUT2D eigenvalue weighted by molar-refractivity contribution is -0.348. The van der Waals surface area contributed by atoms with Crippen LogP contribution in [0, 0.1) is 0 Å². The fourth-order valence-corrected chi connectivity index (χ4v) is 3.94. The second-order valence-corrected chi connectivity index (χ2v) is 8.26. The van der Waals surface area contributed by atoms with E-state index in [1.54, 1.807) is 0 Å². The van der Waals surface area contributed by atoms with Crippen molar-refractivity contribution >= 4 is 0 Å². The molecule has 0 aromatic rings. The van der Waals surface area contributed by atoms with Crippen molar-refractivity contribution in [3.05, 3.63) is 0 Å². The average Bonchev–Trinajstić information content (AvgIpc) is 2.79. The van der Waals surface area contributed by atoms with Crippen molar-refractivity contribution in [1.82, 2.24) is 0 Å². The number of ether oxygens (including phenoxy) is 5. The molecule has 0 aliphatic carbocycles. The zero-order valence-electron chi connectivity index (χ0n) is 17.4. The first-order valence-corrected chi connectivity index (χ1v) is 10.5. The number of aliphatic hydroxyl groups is 10. The quantitative estimate of drug-likeness (QED) is 0.160. The van der Waals surface area contributed by atoms with Gasteiger partial charge >= 0.3 is 0 Å². The Balaban J connectivity index is 1.62. The minimum atomic E-state index is -1.84. The molecule has 0 spiro atoms. The number of hydrogen-bond donors (Lipinski definition) is 10. The highest BCUT2D eigenvalue weighted by molar-refractivity contribution is 4.93. The summed E-state index contributed by atoms with van der Waals surface area (Å²) in [6, 6.07) is 0. The third-order valence-corrected chi connectivity index (χ3v) is 5.96. The van der Waals surface area contributed by atoms with Crippen LogP contribution >= 0.6 is 0 Å². The van der Waals surface area contributed by atoms with Gasteiger partial charge in [-0.2, -0.15) is 0 Å². The average molecular weight is 488 g/mol. The van der Waals surface area contributed by atoms with Crippen LogP contribution in [-0.4, -0.2) is 157 Å². The van der Waals surface area contributed by atoms with Crippen LogP contribution in [0.15, 0.2) is 0 Å². The molecule has 0 radical (unpaired) electrons. The molecule has 3 fully saturated rings. The fourth-order valence-electron chi connectivity index (χ4n) is 3.94. The van der Waals surface area contributed by atoms with Gasteiger partial charge in [-0.25, -0.2) is 0 Å². The predicted octanol–water partition coefficient (Wildman–Crippen LogP) is -6.54. The van der Waals surface area contributed by atoms with E-state index in [1.165, 1.54) is 0 Å². The first kappa shape index (κ1) is 27.0. The van der Waals surface area contributed by atoms with E-state index in [0.29, 0.717) is 0 Å². The molecule has 33 heavy (non-hydrogen) atoms. The number of aliphatic hydroxyl groups excluding tert-OH is 10. The maximum Gasteiger partial charge on any atom is 0.186 e. The molecule has 14 atom stereocenters. The van der Waals surface area contributed by atoms with Crippen molar-refractivity contribution < 1.29 is 74.7 Å². The van der Waals surface area contributed by atoms with Gasteiger partial charge in [0.1, 0.15) is 61.0 Å². The van der Waals surface area contributed by atoms with Gasteiger partial charge < -0.3 is 74.7 Å². The summed E-state index contributed by atoms with van der Waals surface area (Å²) < 4.78 is 26.4. The predicted molar refractivity (Wildman–Crippen MR) is 99.9 cm³/mol. The third-order valence-electron chi connectivity index (χ3n) is 5.96. The van der Waals surface area contributed by atoms with Crippen LogP contribution in [0.3, 0.4) is 0 Å². The van der Waals surface area contributed by atoms with Crippen molar-refractivity contribution in [3.63, 3.8) is 0 Å². The summed E-state index contributed by atoms with van der Waals surface area (Å²) in [5.41, 5.74) is 0. The van der Waals surface area contributed by atoms with Gasteiger partial charge in [0.15, 0.2) is 18.9 Å². The Morgan fingerprint density at radius 3 is 1.91 bits per heavy atom. The molecule has 0 saturated carbocycles. The molecule has 194 valence electrons. The fraction of sp³-hybridized carbons (Fsp3) is 1.00. The monoisotopic (exact) mass is 488 g/mol. The first-order chi connectivity index (χ1) is 15.6. The SMILES string of the molecule is OC[C@H]1O[C@H](OC[C@H]2O[C@H](O)[C@@H](O)[C@@H](O[C@@H]3C[C@@H](O)[C@H](O)[C@@H](CO)O3)[C@@H]2O)[C@@H](O)[C@@H](O)[C@@H]1O. The summed E-state index contributed by atoms with van der Waals surface area (Å²) in [6.45, 7) is -1.85. The van der Waals surface area contributed by atoms with Gasteiger partial charge in [0, 0.05) is 6.42 Å². The zero-order chi connectivity index (χ0) is 24.4. The molecule has 0 aromatic heterocycles. The molecular formula is C18H32O15. The highest BCUT2D eigenvalue weighted by Crippen LogP contribution is 2.29. The minimum Gasteiger partial charge on any atom is -0.394 e. The van der Waals surface area contributed by atoms with Crippen molar-refractivity contribution in [2.45, 2.75) is 92.4 Å². The summed E-state index contributed by atoms with van der Waals surface area (Å²) >= 11 is 0. The zero-order valence-corrected chi connectivity index (χ0v) is 17.4. The van der Waals surface area contributed by atoms with E-state index >= 15 is 0 Å². The Morgan fingerprint density at radius 2 is 1.27 bits per heavy atom. The van der Waals surface area contributed by atoms with Crippen molar-refractivity contribution in [1.29, 1.82) is 0 Å². The molecule has 0 unspecified atom stereocenters. The van der Waals surface area contributed by atoms with E-state index in [0.717, 1.165) is 0 Å². The Labute approximate surface area is 187 Å². The van der Waals surface area contributed by atoms with Crippen LogP contribution in [0.5, 0.6) is 0 Å². The Kier molecular flexibility index (Phi) is 9.35. The van der Waals surface area contributed by atoms with Gasteiger partial charge in [0.05, 0.1) is 25.9 Å². The highest BCUT2D eigenvalue weighted by Gasteiger charge is 2.49. The molecule has 3 saturated heterocycles. The standard InChI is InChI=1S/C18H32O15/c19-2-6-10(22)5(21)1-9(30-6)33-16-12(24)8(31-17(28)15(16)27)4-29-18-14(26)13(25)11(23)7(3-20)32-18/h5-28H,1-4H2/t5-,6-,7-,8-,9-,10+,11-,12-,13+,14+,15+,16+,17+,18+/m1/s1. The lowest BCUT2D eigenvalue weighted by atomic mass is 9.97. The largest absolute Gasteiger partial charge is 0.394 e. The smallest absolute Gasteiger partial charge is 0.186 e. The van der Waals surface area contributed by atoms with Crippen molar-refractivity contribution in [2.24, 2.45) is 0 Å². The first-order valence-electron chi connectivity index (χ1n) is 10.5. The normalized spacial score (nSPS) is 51.5. The van der Waals surface area contributed by atoms with Crippen molar-refractivity contribution in [2.75, 3.05) is 19.8 Å². The molecule has 10 N–H and O–H groups in total. The molecule has 15 nitrogen and oxygen atoms in total. The molecule has 3 aliphatic heterocycles. The van der Waals surface area contributed by atoms with E-state index in [9.17, 15) is 51.1 Å². The van der Waals surface area contributed by atoms with Crippen LogP contribution in [0.1, 0.15) is 6.42 Å². The second kappa shape index (κ2) is 11.4. The molecule has 0 bridgehead atoms. The molecule has 0 aromatic carbocycles. The summed E-state index contributed by atoms with van der Waals surface area (Å²) in [7, 11) is 0. The van der Waals surface area contributed by atoms with Crippen LogP contribution in [0.25, 0.3) is 0 Å². The molecule has 15 heteroatoms. The van der Waals surface area contributed by atoms with E-state index in [1.807, 2.05) is 0 Å². The van der Waals surface area contributed by atoms with E-state index in [2.05, 4.69) is 0 Å². The van der Waals surface area contributed by atoms with Crippen molar-refractivity contribution in [3.8, 4) is 0 Å². The maximum atomic E-state index is 10.6. The van der Waals surface area contributed by atoms with Gasteiger partial charge in [-0.3, -0.25) is 0 Å². The number of rotatable bonds is 7. The van der Waals surface area contributed by atoms with E-state index in [-0.39, 0.29) is 6.42 Å². The minimum absolute atomic E-state index is 0.253. The molecule has 0 amide bonds. The number of hydrogen-bond acceptors (Lipinski definition) is 15. The third kappa shape index (κ3) is 5.80. The summed E-state index contributed by atoms with van der Waals surface area (Å²) in [4.78, 5) is 0. The van der Waals surface area contributed by atoms with Gasteiger partial charge in [-0.1, -0.05) is 0 Å². The lowest BCUT2D eigenvalue weighted by Gasteiger charge is -2.44. The second-order valence-electron chi connectivity index (χ2n) is 8.26. The lowest BCUT2D eigenvalue weighted by Crippen LogP contribution is -2.63. The van der Waals surface area contributed by atoms with Crippen LogP contribution in [0.2, 0.25) is 0 Å². The molecule has 3 rings (SSSR count). The summed E-state index contributed by atoms with van der Waals surface area (Å²) in [5, 5.41) is 98.7. The Morgan fingerprint density at radius 1 is 0.636 bits per heavy atom. The van der Waals surface area contributed by atoms with Gasteiger partial charge in [-0.05, 0) is 0 Å².